The number of carbonyl (C=O) groups excluding carboxylic acids is 1. The van der Waals surface area contributed by atoms with E-state index < -0.39 is 0 Å². The van der Waals surface area contributed by atoms with Gasteiger partial charge in [0.25, 0.3) is 0 Å². The number of rotatable bonds is 6. The van der Waals surface area contributed by atoms with Crippen molar-refractivity contribution < 1.29 is 14.3 Å². The lowest BCUT2D eigenvalue weighted by atomic mass is 10.0. The van der Waals surface area contributed by atoms with Gasteiger partial charge in [0.2, 0.25) is 5.91 Å². The molecule has 1 fully saturated rings. The van der Waals surface area contributed by atoms with Gasteiger partial charge in [-0.25, -0.2) is 9.97 Å². The number of hydrogen-bond donors (Lipinski definition) is 0. The quantitative estimate of drug-likeness (QED) is 0.710. The van der Waals surface area contributed by atoms with Crippen LogP contribution in [0.4, 0.5) is 5.82 Å². The third-order valence-corrected chi connectivity index (χ3v) is 5.83. The van der Waals surface area contributed by atoms with Gasteiger partial charge in [-0.1, -0.05) is 26.0 Å². The van der Waals surface area contributed by atoms with Gasteiger partial charge in [-0.3, -0.25) is 4.79 Å². The van der Waals surface area contributed by atoms with E-state index in [4.69, 9.17) is 19.4 Å². The number of nitrogens with zero attached hydrogens (tertiary/aromatic N) is 4. The summed E-state index contributed by atoms with van der Waals surface area (Å²) in [5.74, 6) is 3.19. The Morgan fingerprint density at radius 1 is 1.19 bits per heavy atom. The van der Waals surface area contributed by atoms with E-state index in [1.807, 2.05) is 23.1 Å². The molecular formula is C24H32N4O3. The lowest BCUT2D eigenvalue weighted by molar-refractivity contribution is -0.132. The van der Waals surface area contributed by atoms with E-state index >= 15 is 0 Å². The van der Waals surface area contributed by atoms with Crippen LogP contribution in [0.5, 0.6) is 5.75 Å². The van der Waals surface area contributed by atoms with Crippen molar-refractivity contribution in [1.29, 1.82) is 0 Å². The first-order valence-corrected chi connectivity index (χ1v) is 11.2. The van der Waals surface area contributed by atoms with E-state index in [0.717, 1.165) is 60.3 Å². The van der Waals surface area contributed by atoms with Crippen LogP contribution < -0.4 is 9.64 Å². The third-order valence-electron chi connectivity index (χ3n) is 5.83. The van der Waals surface area contributed by atoms with E-state index in [0.29, 0.717) is 38.5 Å². The lowest BCUT2D eigenvalue weighted by Crippen LogP contribution is -2.41. The average molecular weight is 425 g/mol. The summed E-state index contributed by atoms with van der Waals surface area (Å²) in [6.07, 6.45) is 2.00. The molecule has 0 unspecified atom stereocenters. The molecule has 2 aromatic rings. The van der Waals surface area contributed by atoms with Crippen molar-refractivity contribution >= 4 is 11.7 Å². The van der Waals surface area contributed by atoms with Crippen LogP contribution in [-0.4, -0.2) is 60.7 Å². The Kier molecular flexibility index (Phi) is 6.70. The van der Waals surface area contributed by atoms with Crippen molar-refractivity contribution in [3.8, 4) is 5.75 Å². The fraction of sp³-hybridized carbons (Fsp3) is 0.542. The van der Waals surface area contributed by atoms with Crippen LogP contribution >= 0.6 is 0 Å². The molecule has 0 aliphatic carbocycles. The van der Waals surface area contributed by atoms with Crippen LogP contribution in [0.15, 0.2) is 24.3 Å². The highest BCUT2D eigenvalue weighted by molar-refractivity contribution is 5.77. The summed E-state index contributed by atoms with van der Waals surface area (Å²) >= 11 is 0. The Labute approximate surface area is 184 Å². The van der Waals surface area contributed by atoms with Crippen molar-refractivity contribution in [3.05, 3.63) is 46.9 Å². The third kappa shape index (κ3) is 5.15. The monoisotopic (exact) mass is 424 g/mol. The molecule has 1 aromatic heterocycles. The molecule has 0 bridgehead atoms. The molecule has 0 spiro atoms. The van der Waals surface area contributed by atoms with Crippen LogP contribution in [0.2, 0.25) is 0 Å². The van der Waals surface area contributed by atoms with E-state index in [-0.39, 0.29) is 5.91 Å². The number of carbonyl (C=O) groups is 1. The number of aromatic nitrogens is 2. The zero-order valence-electron chi connectivity index (χ0n) is 18.8. The lowest BCUT2D eigenvalue weighted by Gasteiger charge is -2.35. The highest BCUT2D eigenvalue weighted by Crippen LogP contribution is 2.29. The molecule has 2 aliphatic heterocycles. The van der Waals surface area contributed by atoms with Crippen molar-refractivity contribution in [3.63, 3.8) is 0 Å². The second kappa shape index (κ2) is 9.64. The van der Waals surface area contributed by atoms with E-state index in [1.165, 1.54) is 0 Å². The summed E-state index contributed by atoms with van der Waals surface area (Å²) in [6.45, 7) is 8.49. The maximum absolute atomic E-state index is 12.7. The molecule has 0 atom stereocenters. The molecular weight excluding hydrogens is 392 g/mol. The molecule has 7 heteroatoms. The second-order valence-corrected chi connectivity index (χ2v) is 8.68. The van der Waals surface area contributed by atoms with Gasteiger partial charge < -0.3 is 19.3 Å². The normalized spacial score (nSPS) is 16.4. The first-order chi connectivity index (χ1) is 15.0. The van der Waals surface area contributed by atoms with Crippen molar-refractivity contribution in [2.75, 3.05) is 44.9 Å². The number of hydrogen-bond acceptors (Lipinski definition) is 6. The fourth-order valence-corrected chi connectivity index (χ4v) is 4.22. The highest BCUT2D eigenvalue weighted by atomic mass is 16.5. The summed E-state index contributed by atoms with van der Waals surface area (Å²) < 4.78 is 10.9. The van der Waals surface area contributed by atoms with Crippen LogP contribution in [0.3, 0.4) is 0 Å². The van der Waals surface area contributed by atoms with Gasteiger partial charge in [-0.05, 0) is 23.6 Å². The summed E-state index contributed by atoms with van der Waals surface area (Å²) in [4.78, 5) is 26.9. The standard InChI is InChI=1S/C24H32N4O3/c1-17(2)13-23(29)28-8-7-21-20(16-28)24(27-9-11-31-12-10-27)26-22(25-21)15-18-5-4-6-19(14-18)30-3/h4-6,14,17H,7-13,15-16H2,1-3H3. The van der Waals surface area contributed by atoms with Gasteiger partial charge in [-0.15, -0.1) is 0 Å². The highest BCUT2D eigenvalue weighted by Gasteiger charge is 2.28. The molecule has 0 saturated carbocycles. The smallest absolute Gasteiger partial charge is 0.223 e. The van der Waals surface area contributed by atoms with Gasteiger partial charge in [0.1, 0.15) is 17.4 Å². The second-order valence-electron chi connectivity index (χ2n) is 8.68. The van der Waals surface area contributed by atoms with Crippen LogP contribution in [-0.2, 0) is 28.9 Å². The molecule has 0 radical (unpaired) electrons. The maximum Gasteiger partial charge on any atom is 0.223 e. The summed E-state index contributed by atoms with van der Waals surface area (Å²) in [7, 11) is 1.68. The molecule has 7 nitrogen and oxygen atoms in total. The Balaban J connectivity index is 1.64. The van der Waals surface area contributed by atoms with E-state index in [2.05, 4.69) is 24.8 Å². The van der Waals surface area contributed by atoms with Crippen LogP contribution in [0, 0.1) is 5.92 Å². The topological polar surface area (TPSA) is 67.8 Å². The minimum atomic E-state index is 0.217. The predicted molar refractivity (Wildman–Crippen MR) is 119 cm³/mol. The van der Waals surface area contributed by atoms with Gasteiger partial charge >= 0.3 is 0 Å². The molecule has 1 aromatic carbocycles. The number of fused-ring (bicyclic) bond motifs is 1. The Morgan fingerprint density at radius 3 is 2.74 bits per heavy atom. The van der Waals surface area contributed by atoms with Crippen molar-refractivity contribution in [2.45, 2.75) is 39.7 Å². The Morgan fingerprint density at radius 2 is 2.00 bits per heavy atom. The number of ether oxygens (including phenoxy) is 2. The molecule has 31 heavy (non-hydrogen) atoms. The van der Waals surface area contributed by atoms with Gasteiger partial charge in [0, 0.05) is 44.5 Å². The Bertz CT molecular complexity index is 925. The first kappa shape index (κ1) is 21.6. The zero-order chi connectivity index (χ0) is 21.8. The van der Waals surface area contributed by atoms with E-state index in [9.17, 15) is 4.79 Å². The SMILES string of the molecule is COc1cccc(Cc2nc3c(c(N4CCOCC4)n2)CN(C(=O)CC(C)C)CC3)c1. The molecule has 0 N–H and O–H groups in total. The minimum Gasteiger partial charge on any atom is -0.497 e. The zero-order valence-corrected chi connectivity index (χ0v) is 18.8. The predicted octanol–water partition coefficient (Wildman–Crippen LogP) is 2.84. The molecule has 4 rings (SSSR count). The van der Waals surface area contributed by atoms with Crippen molar-refractivity contribution in [2.24, 2.45) is 5.92 Å². The average Bonchev–Trinajstić information content (AvgIpc) is 2.78. The fourth-order valence-electron chi connectivity index (χ4n) is 4.22. The summed E-state index contributed by atoms with van der Waals surface area (Å²) in [5, 5.41) is 0. The van der Waals surface area contributed by atoms with Crippen molar-refractivity contribution in [1.82, 2.24) is 14.9 Å². The van der Waals surface area contributed by atoms with Crippen LogP contribution in [0.25, 0.3) is 0 Å². The maximum atomic E-state index is 12.7. The molecule has 2 aliphatic rings. The minimum absolute atomic E-state index is 0.217. The van der Waals surface area contributed by atoms with Crippen LogP contribution in [0.1, 0.15) is 42.9 Å². The largest absolute Gasteiger partial charge is 0.497 e. The molecule has 1 saturated heterocycles. The summed E-state index contributed by atoms with van der Waals surface area (Å²) in [6, 6.07) is 8.04. The number of benzene rings is 1. The van der Waals surface area contributed by atoms with Gasteiger partial charge in [-0.2, -0.15) is 0 Å². The summed E-state index contributed by atoms with van der Waals surface area (Å²) in [5.41, 5.74) is 3.29. The van der Waals surface area contributed by atoms with Gasteiger partial charge in [0.15, 0.2) is 0 Å². The van der Waals surface area contributed by atoms with Gasteiger partial charge in [0.05, 0.1) is 32.6 Å². The number of amides is 1. The Hall–Kier alpha value is -2.67. The molecule has 3 heterocycles. The molecule has 1 amide bonds. The number of morpholine rings is 1. The number of anilines is 1. The first-order valence-electron chi connectivity index (χ1n) is 11.2. The number of methoxy groups -OCH3 is 1. The van der Waals surface area contributed by atoms with E-state index in [1.54, 1.807) is 7.11 Å². The molecule has 166 valence electrons.